The molecule has 0 aliphatic carbocycles. The summed E-state index contributed by atoms with van der Waals surface area (Å²) in [6, 6.07) is 11.3. The molecule has 1 aliphatic rings. The minimum absolute atomic E-state index is 0.405. The van der Waals surface area contributed by atoms with Gasteiger partial charge < -0.3 is 10.1 Å². The minimum atomic E-state index is 0.405. The highest BCUT2D eigenvalue weighted by Gasteiger charge is 2.25. The van der Waals surface area contributed by atoms with Gasteiger partial charge in [0.1, 0.15) is 0 Å². The summed E-state index contributed by atoms with van der Waals surface area (Å²) >= 11 is 0. The van der Waals surface area contributed by atoms with Gasteiger partial charge in [0.05, 0.1) is 12.9 Å². The van der Waals surface area contributed by atoms with Crippen molar-refractivity contribution in [1.29, 1.82) is 0 Å². The number of ether oxygens (including phenoxy) is 1. The third-order valence-corrected chi connectivity index (χ3v) is 4.05. The van der Waals surface area contributed by atoms with Gasteiger partial charge in [0, 0.05) is 12.0 Å². The van der Waals surface area contributed by atoms with Gasteiger partial charge in [-0.3, -0.25) is 0 Å². The van der Waals surface area contributed by atoms with Crippen LogP contribution in [0.25, 0.3) is 0 Å². The second-order valence-corrected chi connectivity index (χ2v) is 5.52. The van der Waals surface area contributed by atoms with Crippen LogP contribution in [0.5, 0.6) is 0 Å². The van der Waals surface area contributed by atoms with E-state index in [1.54, 1.807) is 0 Å². The van der Waals surface area contributed by atoms with Crippen molar-refractivity contribution >= 4 is 0 Å². The summed E-state index contributed by atoms with van der Waals surface area (Å²) in [5, 5.41) is 3.74. The quantitative estimate of drug-likeness (QED) is 0.802. The molecule has 0 saturated heterocycles. The average molecular weight is 273 g/mol. The SMILES string of the molecule is CCCNC(C1=COCCC1)C(CC)c1ccccc1. The Morgan fingerprint density at radius 2 is 2.00 bits per heavy atom. The zero-order chi connectivity index (χ0) is 14.2. The fraction of sp³-hybridized carbons (Fsp3) is 0.556. The molecular formula is C18H27NO. The van der Waals surface area contributed by atoms with E-state index in [-0.39, 0.29) is 0 Å². The molecule has 2 rings (SSSR count). The molecule has 1 aromatic rings. The van der Waals surface area contributed by atoms with Crippen molar-refractivity contribution < 1.29 is 4.74 Å². The first-order valence-corrected chi connectivity index (χ1v) is 7.95. The van der Waals surface area contributed by atoms with Gasteiger partial charge in [-0.2, -0.15) is 0 Å². The number of hydrogen-bond acceptors (Lipinski definition) is 2. The molecule has 0 bridgehead atoms. The van der Waals surface area contributed by atoms with E-state index < -0.39 is 0 Å². The maximum atomic E-state index is 5.57. The summed E-state index contributed by atoms with van der Waals surface area (Å²) < 4.78 is 5.57. The second kappa shape index (κ2) is 8.11. The third kappa shape index (κ3) is 3.86. The Morgan fingerprint density at radius 1 is 1.20 bits per heavy atom. The Hall–Kier alpha value is -1.28. The maximum Gasteiger partial charge on any atom is 0.0876 e. The van der Waals surface area contributed by atoms with Crippen molar-refractivity contribution in [3.63, 3.8) is 0 Å². The predicted octanol–water partition coefficient (Wildman–Crippen LogP) is 4.24. The van der Waals surface area contributed by atoms with Crippen LogP contribution in [0.4, 0.5) is 0 Å². The number of benzene rings is 1. The van der Waals surface area contributed by atoms with Crippen LogP contribution in [-0.4, -0.2) is 19.2 Å². The zero-order valence-corrected chi connectivity index (χ0v) is 12.8. The monoisotopic (exact) mass is 273 g/mol. The molecule has 0 aromatic heterocycles. The van der Waals surface area contributed by atoms with Crippen molar-refractivity contribution in [1.82, 2.24) is 5.32 Å². The summed E-state index contributed by atoms with van der Waals surface area (Å²) in [5.74, 6) is 0.524. The Labute approximate surface area is 123 Å². The molecule has 110 valence electrons. The highest BCUT2D eigenvalue weighted by atomic mass is 16.5. The Kier molecular flexibility index (Phi) is 6.13. The molecule has 0 radical (unpaired) electrons. The van der Waals surface area contributed by atoms with E-state index in [9.17, 15) is 0 Å². The topological polar surface area (TPSA) is 21.3 Å². The molecule has 0 fully saturated rings. The summed E-state index contributed by atoms with van der Waals surface area (Å²) in [4.78, 5) is 0. The largest absolute Gasteiger partial charge is 0.501 e. The summed E-state index contributed by atoms with van der Waals surface area (Å²) in [6.45, 7) is 6.43. The molecule has 1 aliphatic heterocycles. The van der Waals surface area contributed by atoms with E-state index in [0.29, 0.717) is 12.0 Å². The first-order chi connectivity index (χ1) is 9.86. The van der Waals surface area contributed by atoms with E-state index in [1.807, 2.05) is 6.26 Å². The van der Waals surface area contributed by atoms with Crippen LogP contribution in [0.3, 0.4) is 0 Å². The lowest BCUT2D eigenvalue weighted by Gasteiger charge is -2.31. The molecule has 0 spiro atoms. The van der Waals surface area contributed by atoms with Crippen LogP contribution in [0.2, 0.25) is 0 Å². The molecule has 1 N–H and O–H groups in total. The second-order valence-electron chi connectivity index (χ2n) is 5.52. The number of rotatable bonds is 7. The fourth-order valence-electron chi connectivity index (χ4n) is 3.01. The van der Waals surface area contributed by atoms with Gasteiger partial charge in [-0.05, 0) is 43.4 Å². The first kappa shape index (κ1) is 15.1. The van der Waals surface area contributed by atoms with E-state index in [1.165, 1.54) is 11.1 Å². The summed E-state index contributed by atoms with van der Waals surface area (Å²) in [7, 11) is 0. The zero-order valence-electron chi connectivity index (χ0n) is 12.8. The van der Waals surface area contributed by atoms with Crippen LogP contribution in [0.15, 0.2) is 42.2 Å². The van der Waals surface area contributed by atoms with Gasteiger partial charge in [0.25, 0.3) is 0 Å². The summed E-state index contributed by atoms with van der Waals surface area (Å²) in [6.07, 6.45) is 6.60. The number of nitrogens with one attached hydrogen (secondary N) is 1. The van der Waals surface area contributed by atoms with E-state index >= 15 is 0 Å². The van der Waals surface area contributed by atoms with E-state index in [2.05, 4.69) is 49.5 Å². The molecule has 0 amide bonds. The van der Waals surface area contributed by atoms with Gasteiger partial charge in [-0.1, -0.05) is 44.2 Å². The van der Waals surface area contributed by atoms with Crippen molar-refractivity contribution in [2.45, 2.75) is 51.5 Å². The molecular weight excluding hydrogens is 246 g/mol. The summed E-state index contributed by atoms with van der Waals surface area (Å²) in [5.41, 5.74) is 2.86. The van der Waals surface area contributed by atoms with Gasteiger partial charge in [0.15, 0.2) is 0 Å². The molecule has 0 saturated carbocycles. The third-order valence-electron chi connectivity index (χ3n) is 4.05. The maximum absolute atomic E-state index is 5.57. The standard InChI is InChI=1S/C18H27NO/c1-3-12-19-18(16-11-8-13-20-14-16)17(4-2)15-9-6-5-7-10-15/h5-7,9-10,14,17-19H,3-4,8,11-13H2,1-2H3. The Morgan fingerprint density at radius 3 is 2.60 bits per heavy atom. The van der Waals surface area contributed by atoms with Crippen LogP contribution in [0.1, 0.15) is 51.0 Å². The average Bonchev–Trinajstić information content (AvgIpc) is 2.53. The van der Waals surface area contributed by atoms with Gasteiger partial charge in [-0.25, -0.2) is 0 Å². The molecule has 2 heteroatoms. The number of hydrogen-bond donors (Lipinski definition) is 1. The Balaban J connectivity index is 2.21. The van der Waals surface area contributed by atoms with Crippen molar-refractivity contribution in [2.75, 3.05) is 13.2 Å². The van der Waals surface area contributed by atoms with Gasteiger partial charge >= 0.3 is 0 Å². The molecule has 2 unspecified atom stereocenters. The smallest absolute Gasteiger partial charge is 0.0876 e. The lowest BCUT2D eigenvalue weighted by atomic mass is 9.83. The first-order valence-electron chi connectivity index (χ1n) is 7.95. The van der Waals surface area contributed by atoms with Crippen LogP contribution >= 0.6 is 0 Å². The van der Waals surface area contributed by atoms with Crippen molar-refractivity contribution in [3.8, 4) is 0 Å². The van der Waals surface area contributed by atoms with Crippen LogP contribution in [0, 0.1) is 0 Å². The molecule has 1 heterocycles. The normalized spacial score (nSPS) is 18.0. The molecule has 20 heavy (non-hydrogen) atoms. The van der Waals surface area contributed by atoms with Gasteiger partial charge in [-0.15, -0.1) is 0 Å². The highest BCUT2D eigenvalue weighted by Crippen LogP contribution is 2.30. The lowest BCUT2D eigenvalue weighted by Crippen LogP contribution is -2.38. The van der Waals surface area contributed by atoms with Crippen molar-refractivity contribution in [3.05, 3.63) is 47.7 Å². The Bertz CT molecular complexity index is 413. The van der Waals surface area contributed by atoms with E-state index in [0.717, 1.165) is 38.8 Å². The lowest BCUT2D eigenvalue weighted by molar-refractivity contribution is 0.217. The molecule has 1 aromatic carbocycles. The minimum Gasteiger partial charge on any atom is -0.501 e. The van der Waals surface area contributed by atoms with Crippen molar-refractivity contribution in [2.24, 2.45) is 0 Å². The van der Waals surface area contributed by atoms with Gasteiger partial charge in [0.2, 0.25) is 0 Å². The fourth-order valence-corrected chi connectivity index (χ4v) is 3.01. The van der Waals surface area contributed by atoms with E-state index in [4.69, 9.17) is 4.74 Å². The predicted molar refractivity (Wildman–Crippen MR) is 84.8 cm³/mol. The highest BCUT2D eigenvalue weighted by molar-refractivity contribution is 5.26. The molecule has 2 atom stereocenters. The van der Waals surface area contributed by atoms with Crippen LogP contribution in [-0.2, 0) is 4.74 Å². The molecule has 2 nitrogen and oxygen atoms in total. The van der Waals surface area contributed by atoms with Crippen LogP contribution < -0.4 is 5.32 Å².